The molecule has 40 heavy (non-hydrogen) atoms. The lowest BCUT2D eigenvalue weighted by Gasteiger charge is -2.38. The highest BCUT2D eigenvalue weighted by molar-refractivity contribution is 4.79. The molecule has 0 aromatic heterocycles. The van der Waals surface area contributed by atoms with E-state index in [0.717, 1.165) is 17.8 Å². The third-order valence-corrected chi connectivity index (χ3v) is 10.8. The van der Waals surface area contributed by atoms with Gasteiger partial charge in [-0.15, -0.1) is 0 Å². The number of nitrogens with zero attached hydrogens (tertiary/aromatic N) is 1. The lowest BCUT2D eigenvalue weighted by atomic mass is 9.72. The smallest absolute Gasteiger partial charge is 0.0125 e. The van der Waals surface area contributed by atoms with Crippen LogP contribution in [-0.4, -0.2) is 23.5 Å². The molecule has 0 unspecified atom stereocenters. The molecular weight excluding hydrogens is 482 g/mol. The fourth-order valence-electron chi connectivity index (χ4n) is 7.47. The van der Waals surface area contributed by atoms with E-state index in [-0.39, 0.29) is 0 Å². The minimum absolute atomic E-state index is 0.403. The van der Waals surface area contributed by atoms with Gasteiger partial charge in [-0.2, -0.15) is 0 Å². The van der Waals surface area contributed by atoms with Crippen molar-refractivity contribution in [3.63, 3.8) is 0 Å². The molecule has 3 aliphatic carbocycles. The van der Waals surface area contributed by atoms with Gasteiger partial charge in [-0.1, -0.05) is 127 Å². The zero-order valence-electron chi connectivity index (χ0n) is 30.3. The van der Waals surface area contributed by atoms with Crippen LogP contribution in [0.4, 0.5) is 0 Å². The molecule has 0 spiro atoms. The summed E-state index contributed by atoms with van der Waals surface area (Å²) in [4.78, 5) is 2.58. The van der Waals surface area contributed by atoms with Crippen LogP contribution in [0.2, 0.25) is 0 Å². The van der Waals surface area contributed by atoms with Crippen LogP contribution in [0.3, 0.4) is 0 Å². The molecule has 0 N–H and O–H groups in total. The average molecular weight is 562 g/mol. The van der Waals surface area contributed by atoms with Gasteiger partial charge in [0, 0.05) is 5.54 Å². The van der Waals surface area contributed by atoms with E-state index in [4.69, 9.17) is 0 Å². The van der Waals surface area contributed by atoms with E-state index in [1.54, 1.807) is 0 Å². The largest absolute Gasteiger partial charge is 0.298 e. The summed E-state index contributed by atoms with van der Waals surface area (Å²) in [6.45, 7) is 30.9. The number of hydrogen-bond donors (Lipinski definition) is 0. The molecule has 0 amide bonds. The van der Waals surface area contributed by atoms with Gasteiger partial charge < -0.3 is 0 Å². The summed E-state index contributed by atoms with van der Waals surface area (Å²) in [5, 5.41) is 0. The zero-order valence-corrected chi connectivity index (χ0v) is 30.3. The third-order valence-electron chi connectivity index (χ3n) is 10.8. The molecule has 1 aliphatic heterocycles. The molecule has 1 heterocycles. The Labute approximate surface area is 255 Å². The van der Waals surface area contributed by atoms with E-state index in [1.165, 1.54) is 129 Å². The highest BCUT2D eigenvalue weighted by Gasteiger charge is 2.27. The minimum Gasteiger partial charge on any atom is -0.298 e. The first kappa shape index (κ1) is 38.0. The van der Waals surface area contributed by atoms with Crippen LogP contribution in [0, 0.1) is 34.0 Å². The molecule has 0 bridgehead atoms. The van der Waals surface area contributed by atoms with Gasteiger partial charge in [0.1, 0.15) is 0 Å². The van der Waals surface area contributed by atoms with Crippen LogP contribution in [0.1, 0.15) is 199 Å². The summed E-state index contributed by atoms with van der Waals surface area (Å²) in [5.41, 5.74) is 2.11. The Kier molecular flexibility index (Phi) is 17.0. The number of hydrogen-bond acceptors (Lipinski definition) is 1. The molecule has 4 aliphatic rings. The van der Waals surface area contributed by atoms with Gasteiger partial charge in [0.15, 0.2) is 0 Å². The van der Waals surface area contributed by atoms with Crippen LogP contribution in [0.5, 0.6) is 0 Å². The number of rotatable bonds is 0. The van der Waals surface area contributed by atoms with Gasteiger partial charge in [-0.3, -0.25) is 4.90 Å². The zero-order chi connectivity index (χ0) is 30.5. The standard InChI is InChI=1S/3C10H20.C9H19N/c3*1-10(2,3)9-7-5-4-6-8-9;1-9(2,3)10-7-5-4-6-8-10/h3*9H,4-8H2,1-3H3;4-8H2,1-3H3. The van der Waals surface area contributed by atoms with Crippen LogP contribution in [0.15, 0.2) is 0 Å². The van der Waals surface area contributed by atoms with Crippen molar-refractivity contribution >= 4 is 0 Å². The Morgan fingerprint density at radius 1 is 0.325 bits per heavy atom. The van der Waals surface area contributed by atoms with Gasteiger partial charge >= 0.3 is 0 Å². The monoisotopic (exact) mass is 562 g/mol. The van der Waals surface area contributed by atoms with Crippen molar-refractivity contribution in [2.45, 2.75) is 204 Å². The quantitative estimate of drug-likeness (QED) is 0.284. The van der Waals surface area contributed by atoms with E-state index < -0.39 is 0 Å². The summed E-state index contributed by atoms with van der Waals surface area (Å²) in [7, 11) is 0. The van der Waals surface area contributed by atoms with Gasteiger partial charge in [-0.05, 0) is 119 Å². The molecule has 1 heteroatoms. The van der Waals surface area contributed by atoms with Gasteiger partial charge in [-0.25, -0.2) is 0 Å². The van der Waals surface area contributed by atoms with Crippen molar-refractivity contribution in [2.75, 3.05) is 13.1 Å². The van der Waals surface area contributed by atoms with Gasteiger partial charge in [0.05, 0.1) is 0 Å². The van der Waals surface area contributed by atoms with Crippen LogP contribution < -0.4 is 0 Å². The van der Waals surface area contributed by atoms with E-state index in [2.05, 4.69) is 88.0 Å². The van der Waals surface area contributed by atoms with Crippen molar-refractivity contribution in [2.24, 2.45) is 34.0 Å². The lowest BCUT2D eigenvalue weighted by molar-refractivity contribution is 0.111. The minimum atomic E-state index is 0.403. The number of piperidine rings is 1. The van der Waals surface area contributed by atoms with Gasteiger partial charge in [0.25, 0.3) is 0 Å². The molecule has 0 aromatic carbocycles. The fraction of sp³-hybridized carbons (Fsp3) is 1.00. The first-order valence-corrected chi connectivity index (χ1v) is 18.2. The lowest BCUT2D eigenvalue weighted by Crippen LogP contribution is -2.44. The summed E-state index contributed by atoms with van der Waals surface area (Å²) >= 11 is 0. The van der Waals surface area contributed by atoms with Crippen molar-refractivity contribution < 1.29 is 0 Å². The highest BCUT2D eigenvalue weighted by atomic mass is 15.2. The molecule has 0 radical (unpaired) electrons. The Balaban J connectivity index is 0.000000267. The SMILES string of the molecule is CC(C)(C)C1CCCCC1.CC(C)(C)C1CCCCC1.CC(C)(C)C1CCCCC1.CC(C)(C)N1CCCCC1. The van der Waals surface area contributed by atoms with Crippen molar-refractivity contribution in [1.29, 1.82) is 0 Å². The Morgan fingerprint density at radius 2 is 0.550 bits per heavy atom. The summed E-state index contributed by atoms with van der Waals surface area (Å²) < 4.78 is 0. The molecule has 3 saturated carbocycles. The van der Waals surface area contributed by atoms with E-state index >= 15 is 0 Å². The molecule has 0 aromatic rings. The third kappa shape index (κ3) is 16.6. The van der Waals surface area contributed by atoms with Crippen molar-refractivity contribution in [3.05, 3.63) is 0 Å². The Bertz CT molecular complexity index is 483. The molecule has 1 nitrogen and oxygen atoms in total. The molecule has 4 fully saturated rings. The second-order valence-electron chi connectivity index (χ2n) is 18.3. The maximum atomic E-state index is 2.58. The van der Waals surface area contributed by atoms with E-state index in [0.29, 0.717) is 21.8 Å². The van der Waals surface area contributed by atoms with Crippen molar-refractivity contribution in [1.82, 2.24) is 4.90 Å². The van der Waals surface area contributed by atoms with Crippen molar-refractivity contribution in [3.8, 4) is 0 Å². The summed E-state index contributed by atoms with van der Waals surface area (Å²) in [6, 6.07) is 0. The Morgan fingerprint density at radius 3 is 0.700 bits per heavy atom. The predicted octanol–water partition coefficient (Wildman–Crippen LogP) is 13.1. The molecular formula is C39H79N. The molecule has 240 valence electrons. The number of likely N-dealkylation sites (tertiary alicyclic amines) is 1. The molecule has 0 atom stereocenters. The van der Waals surface area contributed by atoms with Crippen LogP contribution in [0.25, 0.3) is 0 Å². The van der Waals surface area contributed by atoms with E-state index in [9.17, 15) is 0 Å². The van der Waals surface area contributed by atoms with Crippen LogP contribution >= 0.6 is 0 Å². The van der Waals surface area contributed by atoms with Crippen LogP contribution in [-0.2, 0) is 0 Å². The predicted molar refractivity (Wildman–Crippen MR) is 183 cm³/mol. The second-order valence-corrected chi connectivity index (χ2v) is 18.3. The summed E-state index contributed by atoms with van der Waals surface area (Å²) in [6.07, 6.45) is 26.4. The molecule has 1 saturated heterocycles. The summed E-state index contributed by atoms with van der Waals surface area (Å²) in [5.74, 6) is 3.00. The maximum absolute atomic E-state index is 2.58. The second kappa shape index (κ2) is 17.9. The maximum Gasteiger partial charge on any atom is 0.0125 e. The Hall–Kier alpha value is -0.0400. The fourth-order valence-corrected chi connectivity index (χ4v) is 7.47. The normalized spacial score (nSPS) is 23.1. The average Bonchev–Trinajstić information content (AvgIpc) is 2.90. The topological polar surface area (TPSA) is 3.24 Å². The first-order valence-electron chi connectivity index (χ1n) is 18.2. The van der Waals surface area contributed by atoms with Gasteiger partial charge in [0.2, 0.25) is 0 Å². The highest BCUT2D eigenvalue weighted by Crippen LogP contribution is 2.39. The molecule has 4 rings (SSSR count). The first-order chi connectivity index (χ1) is 18.4. The van der Waals surface area contributed by atoms with E-state index in [1.807, 2.05) is 0 Å².